The number of thiophene rings is 1. The summed E-state index contributed by atoms with van der Waals surface area (Å²) in [6.07, 6.45) is 3.86. The van der Waals surface area contributed by atoms with E-state index in [0.717, 1.165) is 25.2 Å². The van der Waals surface area contributed by atoms with E-state index in [4.69, 9.17) is 0 Å². The van der Waals surface area contributed by atoms with Gasteiger partial charge in [-0.3, -0.25) is 14.5 Å². The first-order chi connectivity index (χ1) is 15.9. The maximum Gasteiger partial charge on any atom is 0.262 e. The molecule has 1 fully saturated rings. The van der Waals surface area contributed by atoms with Crippen molar-refractivity contribution >= 4 is 28.8 Å². The Morgan fingerprint density at radius 2 is 1.64 bits per heavy atom. The molecule has 0 radical (unpaired) electrons. The fraction of sp³-hybridized carbons (Fsp3) is 0.333. The Hall–Kier alpha value is -2.96. The van der Waals surface area contributed by atoms with Crippen LogP contribution >= 0.6 is 11.3 Å². The largest absolute Gasteiger partial charge is 0.342 e. The molecule has 2 aromatic carbocycles. The molecule has 6 heteroatoms. The second-order valence-electron chi connectivity index (χ2n) is 9.13. The van der Waals surface area contributed by atoms with Crippen LogP contribution in [0.15, 0.2) is 66.0 Å². The van der Waals surface area contributed by atoms with E-state index in [9.17, 15) is 9.59 Å². The minimum atomic E-state index is -0.498. The molecule has 1 aliphatic rings. The maximum absolute atomic E-state index is 12.8. The van der Waals surface area contributed by atoms with E-state index in [-0.39, 0.29) is 11.8 Å². The quantitative estimate of drug-likeness (QED) is 0.478. The lowest BCUT2D eigenvalue weighted by Crippen LogP contribution is -2.40. The summed E-state index contributed by atoms with van der Waals surface area (Å²) in [5.74, 6) is -0.328. The average Bonchev–Trinajstić information content (AvgIpc) is 3.29. The topological polar surface area (TPSA) is 61.4 Å². The van der Waals surface area contributed by atoms with Gasteiger partial charge in [-0.15, -0.1) is 11.3 Å². The smallest absolute Gasteiger partial charge is 0.262 e. The molecule has 1 saturated heterocycles. The number of amides is 2. The molecule has 2 amide bonds. The lowest BCUT2D eigenvalue weighted by Gasteiger charge is -2.26. The van der Waals surface area contributed by atoms with Crippen LogP contribution in [0.5, 0.6) is 0 Å². The number of hydrogen-bond acceptors (Lipinski definition) is 4. The summed E-state index contributed by atoms with van der Waals surface area (Å²) >= 11 is 1.32. The van der Waals surface area contributed by atoms with E-state index < -0.39 is 5.54 Å². The number of benzene rings is 2. The third kappa shape index (κ3) is 6.09. The Labute approximate surface area is 199 Å². The number of nitrogens with one attached hydrogen (secondary N) is 2. The highest BCUT2D eigenvalue weighted by Gasteiger charge is 2.24. The molecule has 4 rings (SSSR count). The molecular formula is C27H31N3O2S. The number of nitrogens with zero attached hydrogens (tertiary/aromatic N) is 1. The summed E-state index contributed by atoms with van der Waals surface area (Å²) in [6, 6.07) is 19.4. The van der Waals surface area contributed by atoms with Gasteiger partial charge in [-0.05, 0) is 69.1 Å². The van der Waals surface area contributed by atoms with Gasteiger partial charge in [0.15, 0.2) is 0 Å². The predicted octanol–water partition coefficient (Wildman–Crippen LogP) is 5.65. The zero-order valence-electron chi connectivity index (χ0n) is 19.3. The number of hydrogen-bond donors (Lipinski definition) is 2. The molecule has 172 valence electrons. The van der Waals surface area contributed by atoms with Crippen LogP contribution in [0, 0.1) is 0 Å². The van der Waals surface area contributed by atoms with Crippen molar-refractivity contribution in [2.24, 2.45) is 0 Å². The second-order valence-corrected chi connectivity index (χ2v) is 10.0. The standard InChI is InChI=1S/C27H31N3O2S/c1-27(2,22-9-5-3-6-10-22)29-26(32)24-17-23(19-33-24)28-25(31)21-13-11-20(12-14-21)18-30-15-7-4-8-16-30/h3,5-6,9-14,17,19H,4,7-8,15-16,18H2,1-2H3,(H,28,31)(H,29,32). The second kappa shape index (κ2) is 10.3. The Kier molecular flexibility index (Phi) is 7.26. The number of likely N-dealkylation sites (tertiary alicyclic amines) is 1. The van der Waals surface area contributed by atoms with E-state index in [1.54, 1.807) is 11.4 Å². The minimum absolute atomic E-state index is 0.156. The van der Waals surface area contributed by atoms with Crippen molar-refractivity contribution in [1.29, 1.82) is 0 Å². The molecular weight excluding hydrogens is 430 g/mol. The fourth-order valence-corrected chi connectivity index (χ4v) is 4.87. The van der Waals surface area contributed by atoms with Crippen LogP contribution in [-0.2, 0) is 12.1 Å². The van der Waals surface area contributed by atoms with Gasteiger partial charge in [0.05, 0.1) is 16.1 Å². The lowest BCUT2D eigenvalue weighted by molar-refractivity contribution is 0.0915. The molecule has 5 nitrogen and oxygen atoms in total. The van der Waals surface area contributed by atoms with Crippen molar-refractivity contribution in [2.45, 2.75) is 45.2 Å². The maximum atomic E-state index is 12.8. The Morgan fingerprint density at radius 3 is 2.33 bits per heavy atom. The van der Waals surface area contributed by atoms with Crippen molar-refractivity contribution < 1.29 is 9.59 Å². The van der Waals surface area contributed by atoms with Gasteiger partial charge in [-0.25, -0.2) is 0 Å². The van der Waals surface area contributed by atoms with Crippen molar-refractivity contribution in [3.8, 4) is 0 Å². The molecule has 2 N–H and O–H groups in total. The molecule has 0 spiro atoms. The van der Waals surface area contributed by atoms with Crippen LogP contribution in [0.2, 0.25) is 0 Å². The van der Waals surface area contributed by atoms with Crippen LogP contribution in [0.1, 0.15) is 64.3 Å². The Bertz CT molecular complexity index is 1080. The Morgan fingerprint density at radius 1 is 0.939 bits per heavy atom. The summed E-state index contributed by atoms with van der Waals surface area (Å²) < 4.78 is 0. The highest BCUT2D eigenvalue weighted by atomic mass is 32.1. The van der Waals surface area contributed by atoms with E-state index in [1.807, 2.05) is 68.4 Å². The number of rotatable bonds is 7. The number of anilines is 1. The summed E-state index contributed by atoms with van der Waals surface area (Å²) in [5.41, 5.74) is 3.00. The van der Waals surface area contributed by atoms with Gasteiger partial charge >= 0.3 is 0 Å². The van der Waals surface area contributed by atoms with Gasteiger partial charge in [-0.1, -0.05) is 48.9 Å². The van der Waals surface area contributed by atoms with Gasteiger partial charge in [0.1, 0.15) is 0 Å². The third-order valence-electron chi connectivity index (χ3n) is 6.07. The molecule has 0 atom stereocenters. The first-order valence-corrected chi connectivity index (χ1v) is 12.4. The van der Waals surface area contributed by atoms with E-state index >= 15 is 0 Å². The van der Waals surface area contributed by atoms with Crippen molar-refractivity contribution in [1.82, 2.24) is 10.2 Å². The molecule has 0 unspecified atom stereocenters. The molecule has 0 bridgehead atoms. The molecule has 0 aliphatic carbocycles. The minimum Gasteiger partial charge on any atom is -0.342 e. The van der Waals surface area contributed by atoms with Crippen LogP contribution in [0.25, 0.3) is 0 Å². The van der Waals surface area contributed by atoms with Crippen molar-refractivity contribution in [3.05, 3.63) is 87.6 Å². The molecule has 2 heterocycles. The molecule has 0 saturated carbocycles. The van der Waals surface area contributed by atoms with Gasteiger partial charge in [0.2, 0.25) is 0 Å². The summed E-state index contributed by atoms with van der Waals surface area (Å²) in [4.78, 5) is 28.5. The monoisotopic (exact) mass is 461 g/mol. The summed E-state index contributed by atoms with van der Waals surface area (Å²) in [5, 5.41) is 7.79. The van der Waals surface area contributed by atoms with Crippen LogP contribution < -0.4 is 10.6 Å². The highest BCUT2D eigenvalue weighted by Crippen LogP contribution is 2.24. The third-order valence-corrected chi connectivity index (χ3v) is 7.00. The van der Waals surface area contributed by atoms with Crippen LogP contribution in [0.4, 0.5) is 5.69 Å². The first-order valence-electron chi connectivity index (χ1n) is 11.5. The molecule has 33 heavy (non-hydrogen) atoms. The van der Waals surface area contributed by atoms with Crippen LogP contribution in [0.3, 0.4) is 0 Å². The number of carbonyl (C=O) groups is 2. The summed E-state index contributed by atoms with van der Waals surface area (Å²) in [6.45, 7) is 7.19. The highest BCUT2D eigenvalue weighted by molar-refractivity contribution is 7.12. The first kappa shape index (κ1) is 23.2. The molecule has 1 aromatic heterocycles. The van der Waals surface area contributed by atoms with E-state index in [1.165, 1.54) is 36.2 Å². The fourth-order valence-electron chi connectivity index (χ4n) is 4.13. The molecule has 1 aliphatic heterocycles. The normalized spacial score (nSPS) is 14.6. The zero-order chi connectivity index (χ0) is 23.3. The van der Waals surface area contributed by atoms with E-state index in [2.05, 4.69) is 15.5 Å². The number of piperidine rings is 1. The zero-order valence-corrected chi connectivity index (χ0v) is 20.1. The lowest BCUT2D eigenvalue weighted by atomic mass is 9.94. The van der Waals surface area contributed by atoms with Gasteiger partial charge < -0.3 is 10.6 Å². The SMILES string of the molecule is CC(C)(NC(=O)c1cc(NC(=O)c2ccc(CN3CCCCC3)cc2)cs1)c1ccccc1. The van der Waals surface area contributed by atoms with Crippen LogP contribution in [-0.4, -0.2) is 29.8 Å². The van der Waals surface area contributed by atoms with Gasteiger partial charge in [-0.2, -0.15) is 0 Å². The van der Waals surface area contributed by atoms with Gasteiger partial charge in [0.25, 0.3) is 11.8 Å². The summed E-state index contributed by atoms with van der Waals surface area (Å²) in [7, 11) is 0. The van der Waals surface area contributed by atoms with E-state index in [0.29, 0.717) is 16.1 Å². The predicted molar refractivity (Wildman–Crippen MR) is 135 cm³/mol. The molecule has 3 aromatic rings. The Balaban J connectivity index is 1.34. The van der Waals surface area contributed by atoms with Crippen molar-refractivity contribution in [2.75, 3.05) is 18.4 Å². The van der Waals surface area contributed by atoms with Gasteiger partial charge in [0, 0.05) is 17.5 Å². The van der Waals surface area contributed by atoms with Crippen molar-refractivity contribution in [3.63, 3.8) is 0 Å². The average molecular weight is 462 g/mol. The number of carbonyl (C=O) groups excluding carboxylic acids is 2.